The molecule has 0 bridgehead atoms. The molecule has 2 nitrogen and oxygen atoms in total. The lowest BCUT2D eigenvalue weighted by Gasteiger charge is -2.34. The third-order valence-electron chi connectivity index (χ3n) is 2.99. The van der Waals surface area contributed by atoms with E-state index in [0.29, 0.717) is 11.9 Å². The van der Waals surface area contributed by atoms with Crippen LogP contribution in [0.15, 0.2) is 12.1 Å². The van der Waals surface area contributed by atoms with Gasteiger partial charge in [0, 0.05) is 35.7 Å². The number of aryl methyl sites for hydroxylation is 1. The van der Waals surface area contributed by atoms with E-state index in [9.17, 15) is 0 Å². The number of hydrogen-bond donors (Lipinski definition) is 0. The molecule has 1 unspecified atom stereocenters. The number of nitrogens with zero attached hydrogens (tertiary/aromatic N) is 2. The fraction of sp³-hybridized carbons (Fsp3) is 0.583. The van der Waals surface area contributed by atoms with Crippen LogP contribution in [0.5, 0.6) is 0 Å². The van der Waals surface area contributed by atoms with Gasteiger partial charge in [-0.3, -0.25) is 0 Å². The highest BCUT2D eigenvalue weighted by Crippen LogP contribution is 2.23. The number of alkyl halides is 1. The zero-order valence-electron chi connectivity index (χ0n) is 9.74. The van der Waals surface area contributed by atoms with E-state index < -0.39 is 0 Å². The van der Waals surface area contributed by atoms with Gasteiger partial charge in [0.05, 0.1) is 0 Å². The first kappa shape index (κ1) is 12.1. The first-order chi connectivity index (χ1) is 7.72. The first-order valence-electron chi connectivity index (χ1n) is 5.59. The maximum atomic E-state index is 5.84. The van der Waals surface area contributed by atoms with Gasteiger partial charge in [0.15, 0.2) is 0 Å². The average molecular weight is 257 g/mol. The van der Waals surface area contributed by atoms with Crippen LogP contribution in [-0.4, -0.2) is 29.1 Å². The van der Waals surface area contributed by atoms with Gasteiger partial charge in [-0.2, -0.15) is 11.8 Å². The van der Waals surface area contributed by atoms with Crippen LogP contribution >= 0.6 is 23.4 Å². The summed E-state index contributed by atoms with van der Waals surface area (Å²) in [6.07, 6.45) is 0. The number of rotatable bonds is 2. The second-order valence-electron chi connectivity index (χ2n) is 4.16. The van der Waals surface area contributed by atoms with Gasteiger partial charge in [0.1, 0.15) is 5.82 Å². The minimum Gasteiger partial charge on any atom is -0.352 e. The molecule has 1 fully saturated rings. The Morgan fingerprint density at radius 3 is 3.00 bits per heavy atom. The molecule has 0 aliphatic carbocycles. The summed E-state index contributed by atoms with van der Waals surface area (Å²) in [7, 11) is 0. The van der Waals surface area contributed by atoms with Crippen molar-refractivity contribution < 1.29 is 0 Å². The molecule has 1 aliphatic rings. The molecule has 1 aliphatic heterocycles. The van der Waals surface area contributed by atoms with E-state index in [0.717, 1.165) is 23.6 Å². The van der Waals surface area contributed by atoms with Gasteiger partial charge in [0.2, 0.25) is 0 Å². The van der Waals surface area contributed by atoms with Gasteiger partial charge in [-0.05, 0) is 25.5 Å². The van der Waals surface area contributed by atoms with Gasteiger partial charge >= 0.3 is 0 Å². The molecule has 0 N–H and O–H groups in total. The highest BCUT2D eigenvalue weighted by Gasteiger charge is 2.20. The maximum Gasteiger partial charge on any atom is 0.129 e. The van der Waals surface area contributed by atoms with Crippen molar-refractivity contribution in [1.29, 1.82) is 0 Å². The molecule has 0 amide bonds. The van der Waals surface area contributed by atoms with Crippen molar-refractivity contribution in [3.8, 4) is 0 Å². The third kappa shape index (κ3) is 2.46. The highest BCUT2D eigenvalue weighted by molar-refractivity contribution is 7.99. The quantitative estimate of drug-likeness (QED) is 0.757. The molecule has 0 radical (unpaired) electrons. The fourth-order valence-electron chi connectivity index (χ4n) is 1.95. The van der Waals surface area contributed by atoms with E-state index >= 15 is 0 Å². The van der Waals surface area contributed by atoms with Gasteiger partial charge < -0.3 is 4.90 Å². The van der Waals surface area contributed by atoms with E-state index in [1.165, 1.54) is 11.5 Å². The van der Waals surface area contributed by atoms with Crippen LogP contribution in [0, 0.1) is 6.92 Å². The molecule has 2 rings (SSSR count). The predicted molar refractivity (Wildman–Crippen MR) is 72.7 cm³/mol. The third-order valence-corrected chi connectivity index (χ3v) is 4.46. The number of aromatic nitrogens is 1. The van der Waals surface area contributed by atoms with E-state index in [2.05, 4.69) is 28.9 Å². The Labute approximate surface area is 106 Å². The van der Waals surface area contributed by atoms with Crippen molar-refractivity contribution >= 4 is 29.2 Å². The SMILES string of the molecule is Cc1nc(N2CCSCC2C)ccc1CCl. The molecule has 16 heavy (non-hydrogen) atoms. The molecule has 0 spiro atoms. The first-order valence-corrected chi connectivity index (χ1v) is 7.28. The van der Waals surface area contributed by atoms with Crippen molar-refractivity contribution in [2.24, 2.45) is 0 Å². The van der Waals surface area contributed by atoms with Gasteiger partial charge in [0.25, 0.3) is 0 Å². The van der Waals surface area contributed by atoms with Crippen LogP contribution in [0.3, 0.4) is 0 Å². The molecule has 88 valence electrons. The highest BCUT2D eigenvalue weighted by atomic mass is 35.5. The monoisotopic (exact) mass is 256 g/mol. The summed E-state index contributed by atoms with van der Waals surface area (Å²) >= 11 is 7.86. The van der Waals surface area contributed by atoms with Gasteiger partial charge in [-0.1, -0.05) is 6.07 Å². The second kappa shape index (κ2) is 5.28. The number of pyridine rings is 1. The van der Waals surface area contributed by atoms with E-state index in [1.54, 1.807) is 0 Å². The van der Waals surface area contributed by atoms with E-state index in [4.69, 9.17) is 11.6 Å². The Kier molecular flexibility index (Phi) is 3.98. The predicted octanol–water partition coefficient (Wildman–Crippen LogP) is 3.07. The average Bonchev–Trinajstić information content (AvgIpc) is 2.29. The van der Waals surface area contributed by atoms with Gasteiger partial charge in [-0.15, -0.1) is 11.6 Å². The molecule has 0 aromatic carbocycles. The Hall–Kier alpha value is -0.410. The Morgan fingerprint density at radius 1 is 1.56 bits per heavy atom. The van der Waals surface area contributed by atoms with Crippen LogP contribution in [0.4, 0.5) is 5.82 Å². The Morgan fingerprint density at radius 2 is 2.38 bits per heavy atom. The summed E-state index contributed by atoms with van der Waals surface area (Å²) in [5.74, 6) is 4.03. The van der Waals surface area contributed by atoms with Crippen molar-refractivity contribution in [3.05, 3.63) is 23.4 Å². The molecule has 4 heteroatoms. The summed E-state index contributed by atoms with van der Waals surface area (Å²) < 4.78 is 0. The number of hydrogen-bond acceptors (Lipinski definition) is 3. The zero-order valence-corrected chi connectivity index (χ0v) is 11.3. The molecule has 1 aromatic rings. The van der Waals surface area contributed by atoms with Crippen LogP contribution < -0.4 is 4.90 Å². The summed E-state index contributed by atoms with van der Waals surface area (Å²) in [5.41, 5.74) is 2.18. The summed E-state index contributed by atoms with van der Waals surface area (Å²) in [6.45, 7) is 5.39. The van der Waals surface area contributed by atoms with Crippen molar-refractivity contribution in [3.63, 3.8) is 0 Å². The molecule has 0 saturated carbocycles. The minimum atomic E-state index is 0.546. The number of anilines is 1. The molecular formula is C12H17ClN2S. The van der Waals surface area contributed by atoms with Crippen LogP contribution in [0.1, 0.15) is 18.2 Å². The van der Waals surface area contributed by atoms with E-state index in [-0.39, 0.29) is 0 Å². The maximum absolute atomic E-state index is 5.84. The lowest BCUT2D eigenvalue weighted by atomic mass is 10.2. The standard InChI is InChI=1S/C12H17ClN2S/c1-9-8-16-6-5-15(9)12-4-3-11(7-13)10(2)14-12/h3-4,9H,5-8H2,1-2H3. The van der Waals surface area contributed by atoms with Crippen LogP contribution in [0.2, 0.25) is 0 Å². The number of halogens is 1. The molecule has 1 saturated heterocycles. The topological polar surface area (TPSA) is 16.1 Å². The van der Waals surface area contributed by atoms with Crippen molar-refractivity contribution in [2.75, 3.05) is 23.0 Å². The van der Waals surface area contributed by atoms with Crippen molar-refractivity contribution in [1.82, 2.24) is 4.98 Å². The van der Waals surface area contributed by atoms with Gasteiger partial charge in [-0.25, -0.2) is 4.98 Å². The minimum absolute atomic E-state index is 0.546. The van der Waals surface area contributed by atoms with E-state index in [1.807, 2.05) is 18.7 Å². The van der Waals surface area contributed by atoms with Crippen LogP contribution in [-0.2, 0) is 5.88 Å². The molecule has 2 heterocycles. The summed E-state index contributed by atoms with van der Waals surface area (Å²) in [4.78, 5) is 7.04. The molecule has 1 atom stereocenters. The summed E-state index contributed by atoms with van der Waals surface area (Å²) in [5, 5.41) is 0. The second-order valence-corrected chi connectivity index (χ2v) is 5.58. The lowest BCUT2D eigenvalue weighted by molar-refractivity contribution is 0.688. The summed E-state index contributed by atoms with van der Waals surface area (Å²) in [6, 6.07) is 4.77. The number of thioether (sulfide) groups is 1. The van der Waals surface area contributed by atoms with Crippen molar-refractivity contribution in [2.45, 2.75) is 25.8 Å². The Balaban J connectivity index is 2.22. The molecular weight excluding hydrogens is 240 g/mol. The lowest BCUT2D eigenvalue weighted by Crippen LogP contribution is -2.41. The fourth-order valence-corrected chi connectivity index (χ4v) is 3.24. The zero-order chi connectivity index (χ0) is 11.5. The van der Waals surface area contributed by atoms with Crippen LogP contribution in [0.25, 0.3) is 0 Å². The normalized spacial score (nSPS) is 21.2. The largest absolute Gasteiger partial charge is 0.352 e. The Bertz CT molecular complexity index is 370. The smallest absolute Gasteiger partial charge is 0.129 e. The molecule has 1 aromatic heterocycles.